The van der Waals surface area contributed by atoms with Crippen molar-refractivity contribution in [3.63, 3.8) is 0 Å². The number of carbonyl (C=O) groups excluding carboxylic acids is 1. The highest BCUT2D eigenvalue weighted by molar-refractivity contribution is 6.42. The summed E-state index contributed by atoms with van der Waals surface area (Å²) < 4.78 is 5.70. The van der Waals surface area contributed by atoms with Gasteiger partial charge in [-0.3, -0.25) is 9.69 Å². The second-order valence-electron chi connectivity index (χ2n) is 7.68. The van der Waals surface area contributed by atoms with E-state index in [0.717, 1.165) is 32.6 Å². The van der Waals surface area contributed by atoms with E-state index in [0.29, 0.717) is 33.3 Å². The van der Waals surface area contributed by atoms with Gasteiger partial charge in [-0.2, -0.15) is 0 Å². The van der Waals surface area contributed by atoms with Gasteiger partial charge >= 0.3 is 0 Å². The predicted molar refractivity (Wildman–Crippen MR) is 115 cm³/mol. The number of carbonyl (C=O) groups is 1. The number of ether oxygens (including phenoxy) is 1. The van der Waals surface area contributed by atoms with E-state index in [1.54, 1.807) is 36.5 Å². The van der Waals surface area contributed by atoms with Crippen LogP contribution in [0.25, 0.3) is 0 Å². The van der Waals surface area contributed by atoms with E-state index >= 15 is 0 Å². The molecule has 29 heavy (non-hydrogen) atoms. The first-order valence-electron chi connectivity index (χ1n) is 10.2. The molecule has 0 bridgehead atoms. The zero-order chi connectivity index (χ0) is 20.2. The molecule has 1 saturated heterocycles. The Morgan fingerprint density at radius 2 is 1.79 bits per heavy atom. The molecule has 4 rings (SSSR count). The van der Waals surface area contributed by atoms with Crippen LogP contribution in [0.3, 0.4) is 0 Å². The lowest BCUT2D eigenvalue weighted by molar-refractivity contribution is 0.0757. The van der Waals surface area contributed by atoms with Crippen molar-refractivity contribution < 1.29 is 9.53 Å². The van der Waals surface area contributed by atoms with Gasteiger partial charge in [0.1, 0.15) is 5.75 Å². The SMILES string of the molecule is O=C(c1ccc(Oc2ccc(Cl)c(Cl)c2)nc1)N1CCCN(C2CCCC2)CC1. The third-order valence-electron chi connectivity index (χ3n) is 5.76. The molecule has 0 spiro atoms. The average molecular weight is 434 g/mol. The van der Waals surface area contributed by atoms with Crippen molar-refractivity contribution in [2.24, 2.45) is 0 Å². The Balaban J connectivity index is 1.36. The van der Waals surface area contributed by atoms with Crippen molar-refractivity contribution in [3.05, 3.63) is 52.1 Å². The van der Waals surface area contributed by atoms with Crippen LogP contribution < -0.4 is 4.74 Å². The van der Waals surface area contributed by atoms with Crippen LogP contribution in [0.1, 0.15) is 42.5 Å². The van der Waals surface area contributed by atoms with Gasteiger partial charge in [0, 0.05) is 50.6 Å². The number of nitrogens with zero attached hydrogens (tertiary/aromatic N) is 3. The molecule has 1 aromatic carbocycles. The molecule has 2 aromatic rings. The van der Waals surface area contributed by atoms with Gasteiger partial charge in [-0.15, -0.1) is 0 Å². The molecule has 0 radical (unpaired) electrons. The summed E-state index contributed by atoms with van der Waals surface area (Å²) in [6, 6.07) is 9.22. The maximum absolute atomic E-state index is 12.9. The number of pyridine rings is 1. The van der Waals surface area contributed by atoms with Crippen LogP contribution in [0.5, 0.6) is 11.6 Å². The Morgan fingerprint density at radius 1 is 0.966 bits per heavy atom. The largest absolute Gasteiger partial charge is 0.439 e. The highest BCUT2D eigenvalue weighted by Gasteiger charge is 2.26. The molecule has 0 N–H and O–H groups in total. The summed E-state index contributed by atoms with van der Waals surface area (Å²) in [5.41, 5.74) is 0.584. The van der Waals surface area contributed by atoms with Crippen molar-refractivity contribution in [2.75, 3.05) is 26.2 Å². The number of benzene rings is 1. The molecule has 154 valence electrons. The van der Waals surface area contributed by atoms with Gasteiger partial charge in [-0.1, -0.05) is 36.0 Å². The molecule has 2 heterocycles. The van der Waals surface area contributed by atoms with E-state index < -0.39 is 0 Å². The Kier molecular flexibility index (Phi) is 6.58. The van der Waals surface area contributed by atoms with Crippen LogP contribution in [0.15, 0.2) is 36.5 Å². The normalized spacial score (nSPS) is 18.6. The maximum Gasteiger partial charge on any atom is 0.255 e. The Bertz CT molecular complexity index is 854. The van der Waals surface area contributed by atoms with Gasteiger partial charge in [0.05, 0.1) is 15.6 Å². The van der Waals surface area contributed by atoms with Crippen molar-refractivity contribution in [1.82, 2.24) is 14.8 Å². The van der Waals surface area contributed by atoms with Crippen molar-refractivity contribution in [2.45, 2.75) is 38.1 Å². The van der Waals surface area contributed by atoms with Gasteiger partial charge in [-0.25, -0.2) is 4.98 Å². The van der Waals surface area contributed by atoms with Crippen LogP contribution in [0.4, 0.5) is 0 Å². The molecule has 1 amide bonds. The van der Waals surface area contributed by atoms with E-state index in [1.165, 1.54) is 25.7 Å². The number of amides is 1. The number of hydrogen-bond acceptors (Lipinski definition) is 4. The average Bonchev–Trinajstić information content (AvgIpc) is 3.15. The molecular formula is C22H25Cl2N3O2. The standard InChI is InChI=1S/C22H25Cl2N3O2/c23-19-8-7-18(14-20(19)24)29-21-9-6-16(15-25-21)22(28)27-11-3-10-26(12-13-27)17-4-1-2-5-17/h6-9,14-15,17H,1-5,10-13H2. The summed E-state index contributed by atoms with van der Waals surface area (Å²) >= 11 is 11.9. The third kappa shape index (κ3) is 5.03. The summed E-state index contributed by atoms with van der Waals surface area (Å²) in [4.78, 5) is 21.7. The molecule has 2 fully saturated rings. The molecule has 1 aliphatic heterocycles. The fourth-order valence-corrected chi connectivity index (χ4v) is 4.47. The molecule has 1 saturated carbocycles. The lowest BCUT2D eigenvalue weighted by atomic mass is 10.2. The lowest BCUT2D eigenvalue weighted by Gasteiger charge is -2.27. The minimum atomic E-state index is 0.0341. The topological polar surface area (TPSA) is 45.7 Å². The van der Waals surface area contributed by atoms with Gasteiger partial charge in [0.25, 0.3) is 5.91 Å². The molecule has 1 aliphatic carbocycles. The first kappa shape index (κ1) is 20.5. The summed E-state index contributed by atoms with van der Waals surface area (Å²) in [7, 11) is 0. The third-order valence-corrected chi connectivity index (χ3v) is 6.49. The molecule has 0 atom stereocenters. The number of hydrogen-bond donors (Lipinski definition) is 0. The van der Waals surface area contributed by atoms with Crippen LogP contribution in [0.2, 0.25) is 10.0 Å². The van der Waals surface area contributed by atoms with Crippen LogP contribution in [-0.4, -0.2) is 52.9 Å². The van der Waals surface area contributed by atoms with Crippen LogP contribution >= 0.6 is 23.2 Å². The first-order valence-corrected chi connectivity index (χ1v) is 11.0. The molecule has 5 nitrogen and oxygen atoms in total. The Labute approximate surface area is 181 Å². The van der Waals surface area contributed by atoms with Crippen LogP contribution in [-0.2, 0) is 0 Å². The molecule has 1 aromatic heterocycles. The van der Waals surface area contributed by atoms with Gasteiger partial charge in [-0.05, 0) is 37.5 Å². The highest BCUT2D eigenvalue weighted by atomic mass is 35.5. The summed E-state index contributed by atoms with van der Waals surface area (Å²) in [6.07, 6.45) is 7.89. The molecule has 7 heteroatoms. The molecule has 2 aliphatic rings. The predicted octanol–water partition coefficient (Wildman–Crippen LogP) is 5.27. The fourth-order valence-electron chi connectivity index (χ4n) is 4.19. The lowest BCUT2D eigenvalue weighted by Crippen LogP contribution is -2.38. The van der Waals surface area contributed by atoms with Gasteiger partial charge < -0.3 is 9.64 Å². The molecular weight excluding hydrogens is 409 g/mol. The summed E-state index contributed by atoms with van der Waals surface area (Å²) in [5.74, 6) is 0.987. The smallest absolute Gasteiger partial charge is 0.255 e. The quantitative estimate of drug-likeness (QED) is 0.658. The van der Waals surface area contributed by atoms with Gasteiger partial charge in [0.2, 0.25) is 5.88 Å². The van der Waals surface area contributed by atoms with Crippen molar-refractivity contribution in [3.8, 4) is 11.6 Å². The zero-order valence-corrected chi connectivity index (χ0v) is 17.8. The minimum absolute atomic E-state index is 0.0341. The van der Waals surface area contributed by atoms with E-state index in [4.69, 9.17) is 27.9 Å². The van der Waals surface area contributed by atoms with Crippen LogP contribution in [0, 0.1) is 0 Å². The van der Waals surface area contributed by atoms with E-state index in [1.807, 2.05) is 4.90 Å². The van der Waals surface area contributed by atoms with E-state index in [2.05, 4.69) is 9.88 Å². The van der Waals surface area contributed by atoms with E-state index in [-0.39, 0.29) is 5.91 Å². The molecule has 0 unspecified atom stereocenters. The Morgan fingerprint density at radius 3 is 2.52 bits per heavy atom. The maximum atomic E-state index is 12.9. The summed E-state index contributed by atoms with van der Waals surface area (Å²) in [5, 5.41) is 0.889. The minimum Gasteiger partial charge on any atom is -0.439 e. The zero-order valence-electron chi connectivity index (χ0n) is 16.3. The first-order chi connectivity index (χ1) is 14.1. The second-order valence-corrected chi connectivity index (χ2v) is 8.50. The highest BCUT2D eigenvalue weighted by Crippen LogP contribution is 2.29. The van der Waals surface area contributed by atoms with E-state index in [9.17, 15) is 4.79 Å². The number of rotatable bonds is 4. The number of aromatic nitrogens is 1. The fraction of sp³-hybridized carbons (Fsp3) is 0.455. The second kappa shape index (κ2) is 9.33. The van der Waals surface area contributed by atoms with Crippen molar-refractivity contribution >= 4 is 29.1 Å². The summed E-state index contributed by atoms with van der Waals surface area (Å²) in [6.45, 7) is 3.62. The monoisotopic (exact) mass is 433 g/mol. The Hall–Kier alpha value is -1.82. The van der Waals surface area contributed by atoms with Gasteiger partial charge in [0.15, 0.2) is 0 Å². The van der Waals surface area contributed by atoms with Crippen molar-refractivity contribution in [1.29, 1.82) is 0 Å². The number of halogens is 2.